The Morgan fingerprint density at radius 2 is 1.74 bits per heavy atom. The second kappa shape index (κ2) is 12.9. The highest BCUT2D eigenvalue weighted by molar-refractivity contribution is 5.95. The van der Waals surface area contributed by atoms with Crippen molar-refractivity contribution in [3.8, 4) is 22.8 Å². The molecule has 1 amide bonds. The molecular formula is C28H30F5N5O5. The fourth-order valence-corrected chi connectivity index (χ4v) is 4.72. The Morgan fingerprint density at radius 1 is 1.07 bits per heavy atom. The number of halogens is 5. The maximum Gasteiger partial charge on any atom is 0.490 e. The molecule has 0 radical (unpaired) electrons. The monoisotopic (exact) mass is 611 g/mol. The zero-order valence-corrected chi connectivity index (χ0v) is 23.3. The first-order valence-corrected chi connectivity index (χ1v) is 13.1. The minimum Gasteiger partial charge on any atom is -0.493 e. The van der Waals surface area contributed by atoms with Crippen LogP contribution in [0.1, 0.15) is 40.0 Å². The van der Waals surface area contributed by atoms with Crippen LogP contribution in [0.3, 0.4) is 0 Å². The lowest BCUT2D eigenvalue weighted by Crippen LogP contribution is -2.56. The summed E-state index contributed by atoms with van der Waals surface area (Å²) < 4.78 is 72.1. The molecule has 2 atom stereocenters. The molecule has 0 saturated carbocycles. The summed E-state index contributed by atoms with van der Waals surface area (Å²) in [5.41, 5.74) is 3.58. The van der Waals surface area contributed by atoms with Crippen LogP contribution in [-0.2, 0) is 4.79 Å². The van der Waals surface area contributed by atoms with E-state index < -0.39 is 24.6 Å². The summed E-state index contributed by atoms with van der Waals surface area (Å²) in [5, 5.41) is 21.1. The first-order chi connectivity index (χ1) is 20.3. The molecule has 10 nitrogen and oxygen atoms in total. The molecule has 0 spiro atoms. The molecule has 43 heavy (non-hydrogen) atoms. The first-order valence-electron chi connectivity index (χ1n) is 13.1. The number of anilines is 1. The van der Waals surface area contributed by atoms with Crippen LogP contribution in [0, 0.1) is 6.92 Å². The van der Waals surface area contributed by atoms with Gasteiger partial charge >= 0.3 is 12.1 Å². The zero-order valence-electron chi connectivity index (χ0n) is 23.3. The highest BCUT2D eigenvalue weighted by Crippen LogP contribution is 2.41. The number of nitrogens with one attached hydrogen (secondary N) is 3. The standard InChI is InChI=1S/C26H29F2N5O3.C2HF3O2/c1-14-8-16(26(34)30-17-12-29-13-17)4-6-18(14)20-11-24-31-19(10-21(25(27)28)33(24)32-20)15-5-7-22(35-2)23(9-15)36-3;3-2(4,5)1(6)7/h4-9,11,17,19,21,25,29,31H,10,12-13H2,1-3H3,(H,30,34);(H,6,7). The van der Waals surface area contributed by atoms with E-state index in [0.717, 1.165) is 29.8 Å². The number of rotatable bonds is 7. The van der Waals surface area contributed by atoms with Crippen LogP contribution in [0.15, 0.2) is 42.5 Å². The van der Waals surface area contributed by atoms with Gasteiger partial charge in [-0.15, -0.1) is 0 Å². The number of alkyl halides is 5. The first kappa shape index (κ1) is 31.5. The number of methoxy groups -OCH3 is 2. The Labute approximate surface area is 243 Å². The molecule has 2 aliphatic heterocycles. The normalized spacial score (nSPS) is 18.0. The predicted molar refractivity (Wildman–Crippen MR) is 146 cm³/mol. The Kier molecular flexibility index (Phi) is 9.43. The van der Waals surface area contributed by atoms with Gasteiger partial charge in [-0.25, -0.2) is 18.3 Å². The number of amides is 1. The van der Waals surface area contributed by atoms with Crippen molar-refractivity contribution in [2.24, 2.45) is 0 Å². The van der Waals surface area contributed by atoms with Gasteiger partial charge in [-0.1, -0.05) is 12.1 Å². The van der Waals surface area contributed by atoms with Crippen LogP contribution in [0.2, 0.25) is 0 Å². The van der Waals surface area contributed by atoms with Crippen molar-refractivity contribution in [1.82, 2.24) is 20.4 Å². The number of benzene rings is 2. The number of carbonyl (C=O) groups is 2. The molecule has 1 saturated heterocycles. The molecule has 2 unspecified atom stereocenters. The minimum absolute atomic E-state index is 0.127. The molecule has 3 heterocycles. The fraction of sp³-hybridized carbons (Fsp3) is 0.393. The number of fused-ring (bicyclic) bond motifs is 1. The molecule has 4 N–H and O–H groups in total. The second-order valence-electron chi connectivity index (χ2n) is 9.97. The summed E-state index contributed by atoms with van der Waals surface area (Å²) in [4.78, 5) is 21.4. The molecular weight excluding hydrogens is 581 g/mol. The lowest BCUT2D eigenvalue weighted by molar-refractivity contribution is -0.192. The van der Waals surface area contributed by atoms with E-state index in [-0.39, 0.29) is 24.4 Å². The van der Waals surface area contributed by atoms with E-state index in [9.17, 15) is 26.7 Å². The maximum absolute atomic E-state index is 14.1. The number of hydrogen-bond acceptors (Lipinski definition) is 7. The average Bonchev–Trinajstić information content (AvgIpc) is 3.37. The van der Waals surface area contributed by atoms with E-state index >= 15 is 0 Å². The molecule has 0 aliphatic carbocycles. The molecule has 232 valence electrons. The lowest BCUT2D eigenvalue weighted by Gasteiger charge is -2.32. The highest BCUT2D eigenvalue weighted by atomic mass is 19.4. The van der Waals surface area contributed by atoms with Crippen LogP contribution in [0.5, 0.6) is 11.5 Å². The SMILES string of the molecule is COc1ccc(C2CC(C(F)F)n3nc(-c4ccc(C(=O)NC5CNC5)cc4C)cc3N2)cc1OC.O=C(O)C(F)(F)F. The number of hydrogen-bond donors (Lipinski definition) is 4. The number of nitrogens with zero attached hydrogens (tertiary/aromatic N) is 2. The summed E-state index contributed by atoms with van der Waals surface area (Å²) in [5.74, 6) is -1.25. The molecule has 5 rings (SSSR count). The van der Waals surface area contributed by atoms with E-state index in [1.807, 2.05) is 19.1 Å². The van der Waals surface area contributed by atoms with Gasteiger partial charge in [0.1, 0.15) is 11.9 Å². The van der Waals surface area contributed by atoms with Crippen molar-refractivity contribution in [2.75, 3.05) is 32.6 Å². The number of carboxylic acids is 1. The third-order valence-corrected chi connectivity index (χ3v) is 7.07. The van der Waals surface area contributed by atoms with Gasteiger partial charge in [0, 0.05) is 30.3 Å². The van der Waals surface area contributed by atoms with Crippen molar-refractivity contribution >= 4 is 17.7 Å². The largest absolute Gasteiger partial charge is 0.493 e. The third-order valence-electron chi connectivity index (χ3n) is 7.07. The van der Waals surface area contributed by atoms with Crippen molar-refractivity contribution in [3.63, 3.8) is 0 Å². The number of aromatic nitrogens is 2. The average molecular weight is 612 g/mol. The van der Waals surface area contributed by atoms with Gasteiger partial charge in [0.15, 0.2) is 11.5 Å². The number of aryl methyl sites for hydroxylation is 1. The summed E-state index contributed by atoms with van der Waals surface area (Å²) in [6.07, 6.45) is -7.51. The van der Waals surface area contributed by atoms with Gasteiger partial charge < -0.3 is 30.5 Å². The molecule has 1 aromatic heterocycles. The summed E-state index contributed by atoms with van der Waals surface area (Å²) in [6, 6.07) is 11.3. The van der Waals surface area contributed by atoms with Gasteiger partial charge in [-0.2, -0.15) is 18.3 Å². The number of aliphatic carboxylic acids is 1. The van der Waals surface area contributed by atoms with Crippen LogP contribution in [-0.4, -0.2) is 72.7 Å². The van der Waals surface area contributed by atoms with Gasteiger partial charge in [-0.3, -0.25) is 4.79 Å². The smallest absolute Gasteiger partial charge is 0.490 e. The minimum atomic E-state index is -5.08. The number of ether oxygens (including phenoxy) is 2. The van der Waals surface area contributed by atoms with Crippen molar-refractivity contribution in [1.29, 1.82) is 0 Å². The zero-order chi connectivity index (χ0) is 31.5. The summed E-state index contributed by atoms with van der Waals surface area (Å²) in [7, 11) is 3.09. The number of carboxylic acid groups (broad SMARTS) is 1. The fourth-order valence-electron chi connectivity index (χ4n) is 4.72. The van der Waals surface area contributed by atoms with Gasteiger partial charge in [0.2, 0.25) is 0 Å². The van der Waals surface area contributed by atoms with Gasteiger partial charge in [-0.05, 0) is 48.7 Å². The van der Waals surface area contributed by atoms with Crippen molar-refractivity contribution in [2.45, 2.75) is 44.1 Å². The lowest BCUT2D eigenvalue weighted by atomic mass is 9.97. The van der Waals surface area contributed by atoms with E-state index in [2.05, 4.69) is 21.0 Å². The molecule has 2 aromatic carbocycles. The third kappa shape index (κ3) is 7.16. The van der Waals surface area contributed by atoms with E-state index in [1.54, 1.807) is 44.6 Å². The summed E-state index contributed by atoms with van der Waals surface area (Å²) in [6.45, 7) is 3.43. The van der Waals surface area contributed by atoms with Crippen molar-refractivity contribution < 1.29 is 46.1 Å². The van der Waals surface area contributed by atoms with Crippen LogP contribution >= 0.6 is 0 Å². The number of carbonyl (C=O) groups excluding carboxylic acids is 1. The molecule has 3 aromatic rings. The van der Waals surface area contributed by atoms with Crippen molar-refractivity contribution in [3.05, 3.63) is 59.2 Å². The molecule has 15 heteroatoms. The van der Waals surface area contributed by atoms with Crippen LogP contribution < -0.4 is 25.4 Å². The molecule has 1 fully saturated rings. The Morgan fingerprint density at radius 3 is 2.28 bits per heavy atom. The maximum atomic E-state index is 14.1. The van der Waals surface area contributed by atoms with Crippen LogP contribution in [0.25, 0.3) is 11.3 Å². The molecule has 0 bridgehead atoms. The predicted octanol–water partition coefficient (Wildman–Crippen LogP) is 4.57. The molecule has 2 aliphatic rings. The summed E-state index contributed by atoms with van der Waals surface area (Å²) >= 11 is 0. The van der Waals surface area contributed by atoms with Gasteiger partial charge in [0.05, 0.1) is 32.0 Å². The Hall–Kier alpha value is -4.40. The highest BCUT2D eigenvalue weighted by Gasteiger charge is 2.38. The topological polar surface area (TPSA) is 127 Å². The Balaban J connectivity index is 0.000000541. The van der Waals surface area contributed by atoms with E-state index in [4.69, 9.17) is 19.4 Å². The van der Waals surface area contributed by atoms with Gasteiger partial charge in [0.25, 0.3) is 12.3 Å². The van der Waals surface area contributed by atoms with E-state index in [1.165, 1.54) is 4.68 Å². The van der Waals surface area contributed by atoms with Crippen LogP contribution in [0.4, 0.5) is 27.8 Å². The quantitative estimate of drug-likeness (QED) is 0.286. The van der Waals surface area contributed by atoms with E-state index in [0.29, 0.717) is 28.6 Å². The second-order valence-corrected chi connectivity index (χ2v) is 9.97. The Bertz CT molecular complexity index is 1470.